The van der Waals surface area contributed by atoms with E-state index in [0.29, 0.717) is 51.0 Å². The molecule has 286 valence electrons. The van der Waals surface area contributed by atoms with Crippen LogP contribution in [0, 0.1) is 34.5 Å². The first-order valence-electron chi connectivity index (χ1n) is 20.2. The van der Waals surface area contributed by atoms with Crippen molar-refractivity contribution in [2.24, 2.45) is 11.8 Å². The average Bonchev–Trinajstić information content (AvgIpc) is 4.03. The predicted octanol–water partition coefficient (Wildman–Crippen LogP) is 14.2. The SMILES string of the molecule is C=C(/C=C\C(C)C(C)C)Nc1c(-n2c3ccccc3c3ccc4c5ccccc5oc4c32)c(C#N)cc(C#N)c1-n1c2ccccc2c2ccc3c4ccccc4oc3c21. The molecule has 7 nitrogen and oxygen atoms in total. The standard InChI is InChI=1S/C53H37N5O2/c1-30(2)31(3)21-22-32(4)56-47-48(57-43-17-9-5-13-35(43)39-23-25-41-37-15-7-11-19-45(37)59-52(41)50(39)57)33(28-54)27-34(29-55)49(47)58-44-18-10-6-14-36(44)40-24-26-42-38-16-8-12-20-46(38)60-53(42)51(40)58/h5-27,30-31,56H,4H2,1-3H3/b22-21-. The number of aromatic nitrogens is 2. The van der Waals surface area contributed by atoms with E-state index in [9.17, 15) is 10.5 Å². The second kappa shape index (κ2) is 13.3. The molecule has 1 atom stereocenters. The van der Waals surface area contributed by atoms with Gasteiger partial charge in [0.1, 0.15) is 23.3 Å². The maximum atomic E-state index is 11.2. The Morgan fingerprint density at radius 1 is 0.583 bits per heavy atom. The van der Waals surface area contributed by atoms with Gasteiger partial charge in [-0.2, -0.15) is 10.5 Å². The maximum Gasteiger partial charge on any atom is 0.160 e. The lowest BCUT2D eigenvalue weighted by atomic mass is 9.97. The van der Waals surface area contributed by atoms with Crippen LogP contribution < -0.4 is 5.32 Å². The normalized spacial score (nSPS) is 12.6. The molecule has 1 unspecified atom stereocenters. The van der Waals surface area contributed by atoms with Crippen LogP contribution >= 0.6 is 0 Å². The molecule has 1 N–H and O–H groups in total. The molecule has 0 spiro atoms. The second-order valence-electron chi connectivity index (χ2n) is 16.0. The summed E-state index contributed by atoms with van der Waals surface area (Å²) in [4.78, 5) is 0. The van der Waals surface area contributed by atoms with Gasteiger partial charge in [-0.15, -0.1) is 0 Å². The van der Waals surface area contributed by atoms with E-state index >= 15 is 0 Å². The van der Waals surface area contributed by atoms with Crippen molar-refractivity contribution in [3.05, 3.63) is 163 Å². The van der Waals surface area contributed by atoms with Gasteiger partial charge in [0.05, 0.1) is 50.3 Å². The van der Waals surface area contributed by atoms with E-state index in [1.165, 1.54) is 0 Å². The summed E-state index contributed by atoms with van der Waals surface area (Å²) >= 11 is 0. The lowest BCUT2D eigenvalue weighted by molar-refractivity contribution is 0.504. The summed E-state index contributed by atoms with van der Waals surface area (Å²) in [7, 11) is 0. The van der Waals surface area contributed by atoms with Crippen LogP contribution in [0.25, 0.3) is 98.9 Å². The molecule has 0 radical (unpaired) electrons. The molecule has 60 heavy (non-hydrogen) atoms. The molecule has 11 aromatic rings. The van der Waals surface area contributed by atoms with Crippen molar-refractivity contribution in [1.82, 2.24) is 9.13 Å². The van der Waals surface area contributed by atoms with E-state index in [2.05, 4.69) is 121 Å². The molecule has 0 fully saturated rings. The van der Waals surface area contributed by atoms with E-state index in [-0.39, 0.29) is 5.92 Å². The average molecular weight is 776 g/mol. The third-order valence-electron chi connectivity index (χ3n) is 12.3. The van der Waals surface area contributed by atoms with Gasteiger partial charge in [-0.3, -0.25) is 0 Å². The predicted molar refractivity (Wildman–Crippen MR) is 245 cm³/mol. The molecular formula is C53H37N5O2. The Balaban J connectivity index is 1.35. The number of benzene rings is 7. The van der Waals surface area contributed by atoms with Crippen LogP contribution in [0.1, 0.15) is 31.9 Å². The summed E-state index contributed by atoms with van der Waals surface area (Å²) in [6, 6.07) is 47.8. The second-order valence-corrected chi connectivity index (χ2v) is 16.0. The zero-order chi connectivity index (χ0) is 40.8. The van der Waals surface area contributed by atoms with Crippen molar-refractivity contribution in [3.8, 4) is 23.5 Å². The minimum absolute atomic E-state index is 0.278. The summed E-state index contributed by atoms with van der Waals surface area (Å²) in [6.45, 7) is 11.1. The Bertz CT molecular complexity index is 3520. The lowest BCUT2D eigenvalue weighted by Crippen LogP contribution is -2.12. The number of rotatable bonds is 7. The van der Waals surface area contributed by atoms with Crippen LogP contribution in [0.2, 0.25) is 0 Å². The number of nitriles is 2. The molecule has 0 aliphatic rings. The van der Waals surface area contributed by atoms with Gasteiger partial charge < -0.3 is 23.3 Å². The van der Waals surface area contributed by atoms with Crippen LogP contribution in [0.5, 0.6) is 0 Å². The van der Waals surface area contributed by atoms with Crippen LogP contribution in [0.4, 0.5) is 5.69 Å². The molecule has 7 aromatic carbocycles. The highest BCUT2D eigenvalue weighted by atomic mass is 16.3. The van der Waals surface area contributed by atoms with Crippen molar-refractivity contribution < 1.29 is 8.83 Å². The van der Waals surface area contributed by atoms with Crippen molar-refractivity contribution in [3.63, 3.8) is 0 Å². The van der Waals surface area contributed by atoms with Gasteiger partial charge in [0, 0.05) is 48.8 Å². The minimum Gasteiger partial charge on any atom is -0.454 e. The van der Waals surface area contributed by atoms with Crippen molar-refractivity contribution in [1.29, 1.82) is 10.5 Å². The molecule has 0 bridgehead atoms. The maximum absolute atomic E-state index is 11.2. The van der Waals surface area contributed by atoms with E-state index in [1.807, 2.05) is 66.7 Å². The molecule has 4 heterocycles. The van der Waals surface area contributed by atoms with Gasteiger partial charge in [-0.05, 0) is 60.4 Å². The van der Waals surface area contributed by atoms with Crippen molar-refractivity contribution in [2.45, 2.75) is 20.8 Å². The summed E-state index contributed by atoms with van der Waals surface area (Å²) in [5, 5.41) is 34.0. The van der Waals surface area contributed by atoms with Gasteiger partial charge in [-0.1, -0.05) is 118 Å². The third kappa shape index (κ3) is 5.00. The molecule has 7 heteroatoms. The highest BCUT2D eigenvalue weighted by Crippen LogP contribution is 2.47. The first kappa shape index (κ1) is 35.2. The fourth-order valence-electron chi connectivity index (χ4n) is 9.03. The molecule has 4 aromatic heterocycles. The van der Waals surface area contributed by atoms with Crippen LogP contribution in [0.3, 0.4) is 0 Å². The summed E-state index contributed by atoms with van der Waals surface area (Å²) in [6.07, 6.45) is 4.14. The quantitative estimate of drug-likeness (QED) is 0.163. The first-order chi connectivity index (χ1) is 29.4. The Labute approximate surface area is 344 Å². The molecule has 0 saturated carbocycles. The van der Waals surface area contributed by atoms with Gasteiger partial charge >= 0.3 is 0 Å². The number of hydrogen-bond donors (Lipinski definition) is 1. The lowest BCUT2D eigenvalue weighted by Gasteiger charge is -2.23. The number of hydrogen-bond acceptors (Lipinski definition) is 5. The number of nitrogens with zero attached hydrogens (tertiary/aromatic N) is 4. The van der Waals surface area contributed by atoms with Gasteiger partial charge in [0.15, 0.2) is 11.2 Å². The van der Waals surface area contributed by atoms with Gasteiger partial charge in [-0.25, -0.2) is 0 Å². The van der Waals surface area contributed by atoms with Gasteiger partial charge in [0.2, 0.25) is 0 Å². The van der Waals surface area contributed by atoms with Crippen LogP contribution in [0.15, 0.2) is 161 Å². The van der Waals surface area contributed by atoms with E-state index in [4.69, 9.17) is 8.83 Å². The topological polar surface area (TPSA) is 95.8 Å². The summed E-state index contributed by atoms with van der Waals surface area (Å²) in [5.74, 6) is 0.694. The largest absolute Gasteiger partial charge is 0.454 e. The zero-order valence-electron chi connectivity index (χ0n) is 33.2. The molecule has 0 amide bonds. The Kier molecular flexibility index (Phi) is 7.79. The van der Waals surface area contributed by atoms with Crippen LogP contribution in [-0.2, 0) is 0 Å². The summed E-state index contributed by atoms with van der Waals surface area (Å²) in [5.41, 5.74) is 9.27. The monoisotopic (exact) mass is 775 g/mol. The highest BCUT2D eigenvalue weighted by molar-refractivity contribution is 6.23. The number of para-hydroxylation sites is 4. The van der Waals surface area contributed by atoms with E-state index in [0.717, 1.165) is 76.3 Å². The molecule has 0 aliphatic heterocycles. The Morgan fingerprint density at radius 3 is 1.48 bits per heavy atom. The fraction of sp³-hybridized carbons (Fsp3) is 0.0943. The Morgan fingerprint density at radius 2 is 1.02 bits per heavy atom. The molecule has 0 saturated heterocycles. The highest BCUT2D eigenvalue weighted by Gasteiger charge is 2.29. The van der Waals surface area contributed by atoms with Crippen LogP contribution in [-0.4, -0.2) is 9.13 Å². The number of fused-ring (bicyclic) bond motifs is 14. The van der Waals surface area contributed by atoms with Gasteiger partial charge in [0.25, 0.3) is 0 Å². The van der Waals surface area contributed by atoms with Crippen molar-refractivity contribution in [2.75, 3.05) is 5.32 Å². The minimum atomic E-state index is 0.278. The number of allylic oxidation sites excluding steroid dienone is 2. The first-order valence-corrected chi connectivity index (χ1v) is 20.2. The number of anilines is 1. The van der Waals surface area contributed by atoms with E-state index in [1.54, 1.807) is 6.07 Å². The zero-order valence-corrected chi connectivity index (χ0v) is 33.2. The molecular weight excluding hydrogens is 739 g/mol. The Hall–Kier alpha value is -8.00. The molecule has 0 aliphatic carbocycles. The third-order valence-corrected chi connectivity index (χ3v) is 12.3. The summed E-state index contributed by atoms with van der Waals surface area (Å²) < 4.78 is 17.8. The molecule has 11 rings (SSSR count). The number of furan rings is 2. The fourth-order valence-corrected chi connectivity index (χ4v) is 9.03. The van der Waals surface area contributed by atoms with E-state index < -0.39 is 0 Å². The smallest absolute Gasteiger partial charge is 0.160 e. The number of nitrogens with one attached hydrogen (secondary N) is 1. The van der Waals surface area contributed by atoms with Crippen molar-refractivity contribution >= 4 is 93.2 Å².